The molecule has 1 amide bonds. The quantitative estimate of drug-likeness (QED) is 0.604. The number of carbonyl (C=O) groups excluding carboxylic acids is 1. The minimum absolute atomic E-state index is 0.111. The minimum Gasteiger partial charge on any atom is -0.323 e. The zero-order valence-corrected chi connectivity index (χ0v) is 16.8. The SMILES string of the molecule is Cc1ccc(NC(=O)CSc2nnc(-c3ccncc3)n2CC(C)C)c(F)c1. The highest BCUT2D eigenvalue weighted by molar-refractivity contribution is 7.99. The predicted molar refractivity (Wildman–Crippen MR) is 109 cm³/mol. The van der Waals surface area contributed by atoms with Crippen LogP contribution in [0.3, 0.4) is 0 Å². The molecule has 1 aromatic carbocycles. The van der Waals surface area contributed by atoms with Crippen molar-refractivity contribution in [3.63, 3.8) is 0 Å². The zero-order valence-electron chi connectivity index (χ0n) is 16.0. The number of carbonyl (C=O) groups is 1. The van der Waals surface area contributed by atoms with Crippen LogP contribution in [-0.2, 0) is 11.3 Å². The molecule has 28 heavy (non-hydrogen) atoms. The van der Waals surface area contributed by atoms with Gasteiger partial charge in [0.2, 0.25) is 5.91 Å². The first-order chi connectivity index (χ1) is 13.4. The van der Waals surface area contributed by atoms with Gasteiger partial charge in [0.25, 0.3) is 0 Å². The molecule has 0 aliphatic carbocycles. The lowest BCUT2D eigenvalue weighted by Gasteiger charge is -2.12. The van der Waals surface area contributed by atoms with Gasteiger partial charge in [0.15, 0.2) is 11.0 Å². The Morgan fingerprint density at radius 1 is 1.21 bits per heavy atom. The Morgan fingerprint density at radius 3 is 2.64 bits per heavy atom. The van der Waals surface area contributed by atoms with Crippen LogP contribution >= 0.6 is 11.8 Å². The molecule has 0 aliphatic heterocycles. The number of amides is 1. The molecule has 0 atom stereocenters. The molecule has 0 aliphatic rings. The van der Waals surface area contributed by atoms with E-state index in [1.807, 2.05) is 16.7 Å². The zero-order chi connectivity index (χ0) is 20.1. The lowest BCUT2D eigenvalue weighted by atomic mass is 10.2. The third-order valence-corrected chi connectivity index (χ3v) is 4.90. The number of benzene rings is 1. The van der Waals surface area contributed by atoms with Crippen LogP contribution in [0.15, 0.2) is 47.9 Å². The van der Waals surface area contributed by atoms with Crippen LogP contribution in [0.2, 0.25) is 0 Å². The fraction of sp³-hybridized carbons (Fsp3) is 0.300. The number of halogens is 1. The van der Waals surface area contributed by atoms with Gasteiger partial charge in [-0.25, -0.2) is 4.39 Å². The Balaban J connectivity index is 1.73. The maximum atomic E-state index is 13.9. The smallest absolute Gasteiger partial charge is 0.234 e. The number of thioether (sulfide) groups is 1. The lowest BCUT2D eigenvalue weighted by Crippen LogP contribution is -2.16. The van der Waals surface area contributed by atoms with Crippen LogP contribution in [0.5, 0.6) is 0 Å². The molecule has 0 saturated carbocycles. The van der Waals surface area contributed by atoms with Crippen LogP contribution in [0, 0.1) is 18.7 Å². The number of nitrogens with one attached hydrogen (secondary N) is 1. The van der Waals surface area contributed by atoms with E-state index >= 15 is 0 Å². The second-order valence-electron chi connectivity index (χ2n) is 6.87. The average Bonchev–Trinajstić information content (AvgIpc) is 3.05. The van der Waals surface area contributed by atoms with Crippen LogP contribution in [-0.4, -0.2) is 31.4 Å². The van der Waals surface area contributed by atoms with Gasteiger partial charge in [0, 0.05) is 24.5 Å². The average molecular weight is 399 g/mol. The highest BCUT2D eigenvalue weighted by Gasteiger charge is 2.17. The molecule has 3 rings (SSSR count). The molecule has 0 fully saturated rings. The van der Waals surface area contributed by atoms with Crippen molar-refractivity contribution in [2.75, 3.05) is 11.1 Å². The van der Waals surface area contributed by atoms with Gasteiger partial charge in [-0.3, -0.25) is 9.78 Å². The lowest BCUT2D eigenvalue weighted by molar-refractivity contribution is -0.113. The monoisotopic (exact) mass is 399 g/mol. The van der Waals surface area contributed by atoms with E-state index in [-0.39, 0.29) is 17.3 Å². The first-order valence-corrected chi connectivity index (χ1v) is 9.95. The van der Waals surface area contributed by atoms with Crippen molar-refractivity contribution in [1.82, 2.24) is 19.7 Å². The number of hydrogen-bond donors (Lipinski definition) is 1. The Hall–Kier alpha value is -2.74. The molecule has 1 N–H and O–H groups in total. The van der Waals surface area contributed by atoms with Gasteiger partial charge in [0.05, 0.1) is 11.4 Å². The number of nitrogens with zero attached hydrogens (tertiary/aromatic N) is 4. The molecule has 3 aromatic rings. The van der Waals surface area contributed by atoms with Gasteiger partial charge in [-0.05, 0) is 42.7 Å². The normalized spacial score (nSPS) is 11.0. The summed E-state index contributed by atoms with van der Waals surface area (Å²) in [6, 6.07) is 8.47. The minimum atomic E-state index is -0.443. The molecule has 0 saturated heterocycles. The fourth-order valence-electron chi connectivity index (χ4n) is 2.68. The van der Waals surface area contributed by atoms with E-state index in [9.17, 15) is 9.18 Å². The van der Waals surface area contributed by atoms with Gasteiger partial charge in [-0.2, -0.15) is 0 Å². The number of aryl methyl sites for hydroxylation is 1. The van der Waals surface area contributed by atoms with Crippen molar-refractivity contribution < 1.29 is 9.18 Å². The summed E-state index contributed by atoms with van der Waals surface area (Å²) < 4.78 is 15.9. The number of rotatable bonds is 7. The number of hydrogen-bond acceptors (Lipinski definition) is 5. The van der Waals surface area contributed by atoms with E-state index < -0.39 is 5.82 Å². The predicted octanol–water partition coefficient (Wildman–Crippen LogP) is 4.17. The Bertz CT molecular complexity index is 958. The molecule has 2 aromatic heterocycles. The van der Waals surface area contributed by atoms with Crippen molar-refractivity contribution >= 4 is 23.4 Å². The molecule has 6 nitrogen and oxygen atoms in total. The molecular formula is C20H22FN5OS. The highest BCUT2D eigenvalue weighted by Crippen LogP contribution is 2.25. The number of anilines is 1. The Kier molecular flexibility index (Phi) is 6.41. The molecule has 2 heterocycles. The van der Waals surface area contributed by atoms with Crippen molar-refractivity contribution in [2.24, 2.45) is 5.92 Å². The molecule has 8 heteroatoms. The van der Waals surface area contributed by atoms with Gasteiger partial charge in [0.1, 0.15) is 5.82 Å². The second-order valence-corrected chi connectivity index (χ2v) is 7.81. The summed E-state index contributed by atoms with van der Waals surface area (Å²) in [5.41, 5.74) is 1.90. The second kappa shape index (κ2) is 8.97. The van der Waals surface area contributed by atoms with E-state index in [0.717, 1.165) is 23.5 Å². The molecule has 0 bridgehead atoms. The van der Waals surface area contributed by atoms with E-state index in [1.54, 1.807) is 31.5 Å². The van der Waals surface area contributed by atoms with E-state index in [0.29, 0.717) is 11.1 Å². The van der Waals surface area contributed by atoms with E-state index in [2.05, 4.69) is 34.3 Å². The maximum absolute atomic E-state index is 13.9. The topological polar surface area (TPSA) is 72.7 Å². The first-order valence-electron chi connectivity index (χ1n) is 8.96. The Morgan fingerprint density at radius 2 is 1.96 bits per heavy atom. The number of pyridine rings is 1. The fourth-order valence-corrected chi connectivity index (χ4v) is 3.43. The standard InChI is InChI=1S/C20H22FN5OS/c1-13(2)11-26-19(15-6-8-22-9-7-15)24-25-20(26)28-12-18(27)23-17-5-4-14(3)10-16(17)21/h4-10,13H,11-12H2,1-3H3,(H,23,27). The van der Waals surface area contributed by atoms with Gasteiger partial charge < -0.3 is 9.88 Å². The largest absolute Gasteiger partial charge is 0.323 e. The van der Waals surface area contributed by atoms with Crippen LogP contribution < -0.4 is 5.32 Å². The molecule has 0 spiro atoms. The Labute approximate surface area is 167 Å². The van der Waals surface area contributed by atoms with Crippen molar-refractivity contribution in [2.45, 2.75) is 32.5 Å². The summed E-state index contributed by atoms with van der Waals surface area (Å²) in [5, 5.41) is 11.8. The van der Waals surface area contributed by atoms with Crippen LogP contribution in [0.1, 0.15) is 19.4 Å². The molecule has 146 valence electrons. The third-order valence-electron chi connectivity index (χ3n) is 3.93. The summed E-state index contributed by atoms with van der Waals surface area (Å²) in [6.07, 6.45) is 3.42. The summed E-state index contributed by atoms with van der Waals surface area (Å²) >= 11 is 1.28. The van der Waals surface area contributed by atoms with Crippen molar-refractivity contribution in [1.29, 1.82) is 0 Å². The summed E-state index contributed by atoms with van der Waals surface area (Å²) in [4.78, 5) is 16.3. The maximum Gasteiger partial charge on any atom is 0.234 e. The highest BCUT2D eigenvalue weighted by atomic mass is 32.2. The molecular weight excluding hydrogens is 377 g/mol. The van der Waals surface area contributed by atoms with Gasteiger partial charge >= 0.3 is 0 Å². The molecule has 0 radical (unpaired) electrons. The summed E-state index contributed by atoms with van der Waals surface area (Å²) in [6.45, 7) is 6.74. The van der Waals surface area contributed by atoms with Crippen molar-refractivity contribution in [3.8, 4) is 11.4 Å². The third kappa shape index (κ3) is 4.95. The summed E-state index contributed by atoms with van der Waals surface area (Å²) in [5.74, 6) is 0.494. The van der Waals surface area contributed by atoms with Gasteiger partial charge in [-0.1, -0.05) is 31.7 Å². The van der Waals surface area contributed by atoms with E-state index in [1.165, 1.54) is 17.8 Å². The van der Waals surface area contributed by atoms with Crippen LogP contribution in [0.4, 0.5) is 10.1 Å². The summed E-state index contributed by atoms with van der Waals surface area (Å²) in [7, 11) is 0. The van der Waals surface area contributed by atoms with E-state index in [4.69, 9.17) is 0 Å². The first kappa shape index (κ1) is 20.0. The molecule has 0 unspecified atom stereocenters. The van der Waals surface area contributed by atoms with Gasteiger partial charge in [-0.15, -0.1) is 10.2 Å². The van der Waals surface area contributed by atoms with Crippen molar-refractivity contribution in [3.05, 3.63) is 54.1 Å². The number of aromatic nitrogens is 4. The van der Waals surface area contributed by atoms with Crippen LogP contribution in [0.25, 0.3) is 11.4 Å².